The topological polar surface area (TPSA) is 61.9 Å². The number of amides is 1. The number of hydrogen-bond acceptors (Lipinski definition) is 5. The van der Waals surface area contributed by atoms with Gasteiger partial charge in [0.2, 0.25) is 6.41 Å². The molecule has 1 atom stereocenters. The minimum absolute atomic E-state index is 0.346. The zero-order valence-corrected chi connectivity index (χ0v) is 22.4. The van der Waals surface area contributed by atoms with Crippen LogP contribution in [0.15, 0.2) is 36.4 Å². The minimum atomic E-state index is 0.346. The maximum absolute atomic E-state index is 10.4. The fourth-order valence-corrected chi connectivity index (χ4v) is 4.65. The number of unbranched alkanes of at least 4 members (excludes halogenated alkanes) is 1. The van der Waals surface area contributed by atoms with Crippen LogP contribution in [0.1, 0.15) is 71.6 Å². The first-order chi connectivity index (χ1) is 16.9. The van der Waals surface area contributed by atoms with Crippen LogP contribution >= 0.6 is 0 Å². The molecule has 1 spiro atoms. The average Bonchev–Trinajstić information content (AvgIpc) is 3.27. The minimum Gasteiger partial charge on any atom is -0.380 e. The highest BCUT2D eigenvalue weighted by molar-refractivity contribution is 5.51. The summed E-state index contributed by atoms with van der Waals surface area (Å²) >= 11 is 0. The van der Waals surface area contributed by atoms with E-state index in [2.05, 4.69) is 31.1 Å². The molecule has 1 aromatic rings. The summed E-state index contributed by atoms with van der Waals surface area (Å²) in [6.45, 7) is 10.8. The van der Waals surface area contributed by atoms with E-state index in [1.165, 1.54) is 51.6 Å². The number of nitrogens with zero attached hydrogens (tertiary/aromatic N) is 2. The number of hydrogen-bond donors (Lipinski definition) is 1. The molecular formula is C29H49N3O3. The lowest BCUT2D eigenvalue weighted by Crippen LogP contribution is -2.49. The molecule has 1 N–H and O–H groups in total. The molecule has 6 nitrogen and oxygen atoms in total. The Kier molecular flexibility index (Phi) is 13.5. The van der Waals surface area contributed by atoms with Gasteiger partial charge < -0.3 is 24.6 Å². The lowest BCUT2D eigenvalue weighted by atomic mass is 9.88. The molecule has 1 unspecified atom stereocenters. The molecule has 1 amide bonds. The van der Waals surface area contributed by atoms with E-state index >= 15 is 0 Å². The first-order valence-electron chi connectivity index (χ1n) is 13.6. The predicted octanol–water partition coefficient (Wildman–Crippen LogP) is 4.54. The van der Waals surface area contributed by atoms with E-state index < -0.39 is 0 Å². The molecule has 1 aliphatic carbocycles. The molecule has 0 radical (unpaired) electrons. The van der Waals surface area contributed by atoms with Crippen LogP contribution in [0.25, 0.3) is 0 Å². The first kappa shape index (κ1) is 29.5. The lowest BCUT2D eigenvalue weighted by Gasteiger charge is -2.39. The van der Waals surface area contributed by atoms with Gasteiger partial charge in [-0.05, 0) is 78.4 Å². The Morgan fingerprint density at radius 1 is 0.943 bits per heavy atom. The van der Waals surface area contributed by atoms with Gasteiger partial charge in [0.25, 0.3) is 0 Å². The largest absolute Gasteiger partial charge is 0.380 e. The van der Waals surface area contributed by atoms with Crippen LogP contribution in [0.2, 0.25) is 0 Å². The first-order valence-corrected chi connectivity index (χ1v) is 13.6. The van der Waals surface area contributed by atoms with Gasteiger partial charge in [-0.2, -0.15) is 0 Å². The van der Waals surface area contributed by atoms with E-state index in [9.17, 15) is 9.59 Å². The number of ether oxygens (including phenoxy) is 1. The number of likely N-dealkylation sites (tertiary alicyclic amines) is 2. The number of carbonyl (C=O) groups is 2. The van der Waals surface area contributed by atoms with E-state index in [4.69, 9.17) is 4.74 Å². The van der Waals surface area contributed by atoms with Gasteiger partial charge in [-0.15, -0.1) is 0 Å². The molecule has 0 bridgehead atoms. The second kappa shape index (κ2) is 16.1. The Hall–Kier alpha value is -1.76. The zero-order valence-electron chi connectivity index (χ0n) is 22.4. The van der Waals surface area contributed by atoms with Crippen molar-refractivity contribution in [1.29, 1.82) is 0 Å². The summed E-state index contributed by atoms with van der Waals surface area (Å²) in [5, 5.41) is 3.49. The Morgan fingerprint density at radius 2 is 1.54 bits per heavy atom. The van der Waals surface area contributed by atoms with Crippen LogP contribution < -0.4 is 5.32 Å². The highest BCUT2D eigenvalue weighted by atomic mass is 16.5. The second-order valence-corrected chi connectivity index (χ2v) is 11.0. The van der Waals surface area contributed by atoms with Crippen molar-refractivity contribution < 1.29 is 14.3 Å². The van der Waals surface area contributed by atoms with E-state index in [0.717, 1.165) is 51.8 Å². The summed E-state index contributed by atoms with van der Waals surface area (Å²) in [6.07, 6.45) is 12.6. The summed E-state index contributed by atoms with van der Waals surface area (Å²) < 4.78 is 5.18. The Morgan fingerprint density at radius 3 is 1.91 bits per heavy atom. The number of aldehydes is 1. The fraction of sp³-hybridized carbons (Fsp3) is 0.724. The van der Waals surface area contributed by atoms with Crippen molar-refractivity contribution in [2.24, 2.45) is 5.41 Å². The van der Waals surface area contributed by atoms with Crippen molar-refractivity contribution in [3.05, 3.63) is 36.4 Å². The highest BCUT2D eigenvalue weighted by Gasteiger charge is 2.50. The molecular weight excluding hydrogens is 438 g/mol. The van der Waals surface area contributed by atoms with Gasteiger partial charge in [0.05, 0.1) is 13.2 Å². The van der Waals surface area contributed by atoms with Crippen molar-refractivity contribution in [1.82, 2.24) is 15.1 Å². The van der Waals surface area contributed by atoms with Gasteiger partial charge in [-0.1, -0.05) is 43.3 Å². The molecule has 4 aliphatic rings. The molecule has 5 rings (SSSR count). The van der Waals surface area contributed by atoms with Gasteiger partial charge in [0, 0.05) is 36.5 Å². The summed E-state index contributed by atoms with van der Waals surface area (Å²) in [4.78, 5) is 24.9. The number of nitrogens with one attached hydrogen (secondary N) is 1. The summed E-state index contributed by atoms with van der Waals surface area (Å²) in [5.74, 6) is 0. The zero-order chi connectivity index (χ0) is 25.4. The predicted molar refractivity (Wildman–Crippen MR) is 143 cm³/mol. The molecule has 35 heavy (non-hydrogen) atoms. The van der Waals surface area contributed by atoms with E-state index in [0.29, 0.717) is 23.4 Å². The maximum atomic E-state index is 10.4. The smallest absolute Gasteiger partial charge is 0.210 e. The van der Waals surface area contributed by atoms with Crippen LogP contribution in [0.4, 0.5) is 0 Å². The summed E-state index contributed by atoms with van der Waals surface area (Å²) in [6, 6.07) is 12.5. The van der Waals surface area contributed by atoms with Gasteiger partial charge in [0.1, 0.15) is 6.29 Å². The third kappa shape index (κ3) is 11.7. The van der Waals surface area contributed by atoms with Crippen LogP contribution in [-0.4, -0.2) is 80.5 Å². The Bertz CT molecular complexity index is 659. The normalized spacial score (nSPS) is 21.7. The molecule has 4 fully saturated rings. The molecule has 1 saturated carbocycles. The number of benzene rings is 1. The van der Waals surface area contributed by atoms with Crippen molar-refractivity contribution >= 4 is 12.7 Å². The monoisotopic (exact) mass is 487 g/mol. The van der Waals surface area contributed by atoms with Crippen LogP contribution in [0, 0.1) is 5.41 Å². The maximum Gasteiger partial charge on any atom is 0.210 e. The van der Waals surface area contributed by atoms with Crippen molar-refractivity contribution in [2.45, 2.75) is 83.2 Å². The van der Waals surface area contributed by atoms with Crippen molar-refractivity contribution in [3.63, 3.8) is 0 Å². The summed E-state index contributed by atoms with van der Waals surface area (Å²) in [5.41, 5.74) is 0.723. The molecule has 3 saturated heterocycles. The standard InChI is InChI=1S/C11H21NO2.C7H11NO.C6H6.C5H11N/c1-10(5-3-4-6-13)12-7-11(2)8-14-9-11;9-6-8-5-1-2-7(8)3-4-7;1-2-4-6-5-3-1;1-6-4-2-3-5-6/h6,10,12H,3-5,7-9H2,1-2H3;6H,1-5H2;1-6H;2-5H2,1H3. The van der Waals surface area contributed by atoms with Gasteiger partial charge >= 0.3 is 0 Å². The fourth-order valence-electron chi connectivity index (χ4n) is 4.65. The van der Waals surface area contributed by atoms with Crippen LogP contribution in [-0.2, 0) is 14.3 Å². The van der Waals surface area contributed by atoms with E-state index in [-0.39, 0.29) is 0 Å². The van der Waals surface area contributed by atoms with Crippen molar-refractivity contribution in [2.75, 3.05) is 46.4 Å². The average molecular weight is 488 g/mol. The third-order valence-corrected chi connectivity index (χ3v) is 7.34. The third-order valence-electron chi connectivity index (χ3n) is 7.34. The highest BCUT2D eigenvalue weighted by Crippen LogP contribution is 2.48. The molecule has 3 heterocycles. The van der Waals surface area contributed by atoms with Crippen LogP contribution in [0.3, 0.4) is 0 Å². The SMILES string of the molecule is CC(CCCC=O)NCC1(C)COC1.CN1CCCC1.O=CN1CCCC12CC2.c1ccccc1. The quantitative estimate of drug-likeness (QED) is 0.431. The lowest BCUT2D eigenvalue weighted by molar-refractivity contribution is -0.119. The number of carbonyl (C=O) groups excluding carboxylic acids is 2. The van der Waals surface area contributed by atoms with Gasteiger partial charge in [0.15, 0.2) is 0 Å². The molecule has 6 heteroatoms. The van der Waals surface area contributed by atoms with Gasteiger partial charge in [-0.25, -0.2) is 0 Å². The van der Waals surface area contributed by atoms with E-state index in [1.54, 1.807) is 0 Å². The van der Waals surface area contributed by atoms with E-state index in [1.807, 2.05) is 41.3 Å². The number of rotatable bonds is 8. The Labute approximate surface area is 213 Å². The second-order valence-electron chi connectivity index (χ2n) is 11.0. The molecule has 3 aliphatic heterocycles. The van der Waals surface area contributed by atoms with Gasteiger partial charge in [-0.3, -0.25) is 4.79 Å². The Balaban J connectivity index is 0.000000176. The molecule has 0 aromatic heterocycles. The van der Waals surface area contributed by atoms with Crippen LogP contribution in [0.5, 0.6) is 0 Å². The molecule has 198 valence electrons. The van der Waals surface area contributed by atoms with Crippen molar-refractivity contribution in [3.8, 4) is 0 Å². The summed E-state index contributed by atoms with van der Waals surface area (Å²) in [7, 11) is 2.17. The molecule has 1 aromatic carbocycles.